The molecule has 0 saturated carbocycles. The summed E-state index contributed by atoms with van der Waals surface area (Å²) < 4.78 is 15.0. The highest BCUT2D eigenvalue weighted by Gasteiger charge is 2.47. The second-order valence-electron chi connectivity index (χ2n) is 4.24. The maximum absolute atomic E-state index is 12.2. The third-order valence-electron chi connectivity index (χ3n) is 2.70. The fraction of sp³-hybridized carbons (Fsp3) is 0.529. The molecule has 0 rings (SSSR count). The Morgan fingerprint density at radius 1 is 1.14 bits per heavy atom. The third-order valence-corrected chi connectivity index (χ3v) is 2.70. The summed E-state index contributed by atoms with van der Waals surface area (Å²) in [5.74, 6) is 6.46. The van der Waals surface area contributed by atoms with E-state index in [2.05, 4.69) is 24.3 Å². The first-order chi connectivity index (χ1) is 10.6. The zero-order chi connectivity index (χ0) is 16.8. The number of hydrogen-bond acceptors (Lipinski definition) is 5. The Bertz CT molecular complexity index is 458. The molecule has 5 heteroatoms. The molecule has 5 nitrogen and oxygen atoms in total. The number of esters is 2. The second kappa shape index (κ2) is 11.4. The molecule has 0 aromatic heterocycles. The lowest BCUT2D eigenvalue weighted by atomic mass is 9.81. The predicted octanol–water partition coefficient (Wildman–Crippen LogP) is 1.72. The minimum atomic E-state index is -1.49. The Labute approximate surface area is 132 Å². The molecule has 0 aliphatic rings. The van der Waals surface area contributed by atoms with Gasteiger partial charge in [0, 0.05) is 6.42 Å². The number of hydrogen-bond donors (Lipinski definition) is 0. The molecule has 0 fully saturated rings. The van der Waals surface area contributed by atoms with Crippen LogP contribution in [0, 0.1) is 29.6 Å². The summed E-state index contributed by atoms with van der Waals surface area (Å²) in [6.07, 6.45) is 6.57. The molecule has 0 aliphatic heterocycles. The van der Waals surface area contributed by atoms with E-state index in [1.807, 2.05) is 0 Å². The van der Waals surface area contributed by atoms with Gasteiger partial charge in [-0.05, 0) is 20.3 Å². The van der Waals surface area contributed by atoms with E-state index >= 15 is 0 Å². The number of terminal acetylenes is 1. The van der Waals surface area contributed by atoms with E-state index in [0.717, 1.165) is 0 Å². The lowest BCUT2D eigenvalue weighted by molar-refractivity contribution is -0.171. The van der Waals surface area contributed by atoms with Crippen molar-refractivity contribution in [2.24, 2.45) is 5.41 Å². The van der Waals surface area contributed by atoms with E-state index in [9.17, 15) is 9.59 Å². The van der Waals surface area contributed by atoms with Crippen molar-refractivity contribution in [3.8, 4) is 24.2 Å². The van der Waals surface area contributed by atoms with Crippen molar-refractivity contribution in [1.82, 2.24) is 0 Å². The van der Waals surface area contributed by atoms with Crippen LogP contribution in [0.1, 0.15) is 26.7 Å². The molecule has 22 heavy (non-hydrogen) atoms. The van der Waals surface area contributed by atoms with Gasteiger partial charge < -0.3 is 14.2 Å². The van der Waals surface area contributed by atoms with E-state index in [1.54, 1.807) is 13.8 Å². The maximum atomic E-state index is 12.2. The Hall–Kier alpha value is -2.24. The Morgan fingerprint density at radius 3 is 2.18 bits per heavy atom. The first kappa shape index (κ1) is 19.8. The van der Waals surface area contributed by atoms with Gasteiger partial charge in [-0.25, -0.2) is 0 Å². The van der Waals surface area contributed by atoms with E-state index in [4.69, 9.17) is 20.6 Å². The topological polar surface area (TPSA) is 61.8 Å². The zero-order valence-corrected chi connectivity index (χ0v) is 13.1. The molecule has 0 aromatic rings. The molecule has 0 N–H and O–H groups in total. The number of carbonyl (C=O) groups excluding carboxylic acids is 2. The number of carbonyl (C=O) groups is 2. The van der Waals surface area contributed by atoms with Crippen molar-refractivity contribution >= 4 is 11.9 Å². The van der Waals surface area contributed by atoms with Crippen LogP contribution in [0.4, 0.5) is 0 Å². The van der Waals surface area contributed by atoms with Crippen LogP contribution >= 0.6 is 0 Å². The zero-order valence-electron chi connectivity index (χ0n) is 13.1. The lowest BCUT2D eigenvalue weighted by Crippen LogP contribution is -2.41. The van der Waals surface area contributed by atoms with Crippen LogP contribution in [0.2, 0.25) is 0 Å². The predicted molar refractivity (Wildman–Crippen MR) is 82.6 cm³/mol. The molecule has 0 bridgehead atoms. The van der Waals surface area contributed by atoms with Crippen molar-refractivity contribution in [2.75, 3.05) is 26.4 Å². The van der Waals surface area contributed by atoms with Crippen molar-refractivity contribution in [2.45, 2.75) is 26.7 Å². The molecular formula is C17H22O5. The molecular weight excluding hydrogens is 284 g/mol. The first-order valence-electron chi connectivity index (χ1n) is 7.01. The molecule has 0 saturated heterocycles. The van der Waals surface area contributed by atoms with Gasteiger partial charge in [-0.3, -0.25) is 9.59 Å². The van der Waals surface area contributed by atoms with E-state index in [-0.39, 0.29) is 39.3 Å². The second-order valence-corrected chi connectivity index (χ2v) is 4.24. The summed E-state index contributed by atoms with van der Waals surface area (Å²) >= 11 is 0. The summed E-state index contributed by atoms with van der Waals surface area (Å²) in [6, 6.07) is 0. The molecule has 0 atom stereocenters. The number of rotatable bonds is 9. The molecule has 0 heterocycles. The van der Waals surface area contributed by atoms with Crippen LogP contribution in [-0.4, -0.2) is 38.4 Å². The highest BCUT2D eigenvalue weighted by molar-refractivity contribution is 6.00. The van der Waals surface area contributed by atoms with E-state index in [0.29, 0.717) is 0 Å². The van der Waals surface area contributed by atoms with Gasteiger partial charge >= 0.3 is 11.9 Å². The first-order valence-corrected chi connectivity index (χ1v) is 7.01. The van der Waals surface area contributed by atoms with Gasteiger partial charge in [0.1, 0.15) is 13.2 Å². The Balaban J connectivity index is 5.18. The molecule has 0 unspecified atom stereocenters. The fourth-order valence-corrected chi connectivity index (χ4v) is 1.68. The summed E-state index contributed by atoms with van der Waals surface area (Å²) in [5.41, 5.74) is -1.49. The summed E-state index contributed by atoms with van der Waals surface area (Å²) in [6.45, 7) is 7.53. The number of allylic oxidation sites excluding steroid dienone is 1. The summed E-state index contributed by atoms with van der Waals surface area (Å²) in [7, 11) is 0. The van der Waals surface area contributed by atoms with Gasteiger partial charge in [-0.2, -0.15) is 0 Å². The minimum absolute atomic E-state index is 0.0316. The van der Waals surface area contributed by atoms with Gasteiger partial charge in [-0.1, -0.05) is 23.8 Å². The van der Waals surface area contributed by atoms with Gasteiger partial charge in [0.25, 0.3) is 0 Å². The highest BCUT2D eigenvalue weighted by Crippen LogP contribution is 2.30. The Kier molecular flexibility index (Phi) is 10.3. The smallest absolute Gasteiger partial charge is 0.324 e. The molecule has 120 valence electrons. The van der Waals surface area contributed by atoms with Crippen LogP contribution in [0.15, 0.2) is 12.7 Å². The van der Waals surface area contributed by atoms with Crippen molar-refractivity contribution in [3.63, 3.8) is 0 Å². The molecule has 0 amide bonds. The van der Waals surface area contributed by atoms with Crippen LogP contribution in [0.5, 0.6) is 0 Å². The molecule has 0 spiro atoms. The molecule has 0 radical (unpaired) electrons. The minimum Gasteiger partial charge on any atom is -0.465 e. The van der Waals surface area contributed by atoms with Crippen LogP contribution in [0.25, 0.3) is 0 Å². The maximum Gasteiger partial charge on any atom is 0.324 e. The lowest BCUT2D eigenvalue weighted by Gasteiger charge is -2.26. The van der Waals surface area contributed by atoms with Gasteiger partial charge in [0.15, 0.2) is 5.41 Å². The highest BCUT2D eigenvalue weighted by atomic mass is 16.6. The average molecular weight is 306 g/mol. The van der Waals surface area contributed by atoms with Gasteiger partial charge in [-0.15, -0.1) is 13.0 Å². The van der Waals surface area contributed by atoms with Crippen LogP contribution < -0.4 is 0 Å². The van der Waals surface area contributed by atoms with Crippen LogP contribution in [-0.2, 0) is 23.8 Å². The van der Waals surface area contributed by atoms with Gasteiger partial charge in [0.05, 0.1) is 13.2 Å². The van der Waals surface area contributed by atoms with Crippen LogP contribution in [0.3, 0.4) is 0 Å². The molecule has 0 aliphatic carbocycles. The fourth-order valence-electron chi connectivity index (χ4n) is 1.68. The normalized spacial score (nSPS) is 9.86. The van der Waals surface area contributed by atoms with Crippen molar-refractivity contribution < 1.29 is 23.8 Å². The molecule has 0 aromatic carbocycles. The van der Waals surface area contributed by atoms with Crippen molar-refractivity contribution in [3.05, 3.63) is 12.7 Å². The quantitative estimate of drug-likeness (QED) is 0.213. The third kappa shape index (κ3) is 6.03. The number of ether oxygens (including phenoxy) is 3. The van der Waals surface area contributed by atoms with E-state index < -0.39 is 17.4 Å². The van der Waals surface area contributed by atoms with Crippen molar-refractivity contribution in [1.29, 1.82) is 0 Å². The SMILES string of the molecule is C#CCOCC#CCC(CC=C)(C(=O)OCC)C(=O)OCC. The summed E-state index contributed by atoms with van der Waals surface area (Å²) in [4.78, 5) is 24.5. The Morgan fingerprint density at radius 2 is 1.73 bits per heavy atom. The van der Waals surface area contributed by atoms with E-state index in [1.165, 1.54) is 6.08 Å². The largest absolute Gasteiger partial charge is 0.465 e. The summed E-state index contributed by atoms with van der Waals surface area (Å²) in [5, 5.41) is 0. The average Bonchev–Trinajstić information content (AvgIpc) is 2.50. The van der Waals surface area contributed by atoms with Gasteiger partial charge in [0.2, 0.25) is 0 Å². The monoisotopic (exact) mass is 306 g/mol. The standard InChI is InChI=1S/C17H22O5/c1-5-11-17(15(18)21-7-3,16(19)22-8-4)12-9-10-14-20-13-6-2/h2,5H,1,7-8,11-14H2,3-4H3.